The van der Waals surface area contributed by atoms with E-state index in [4.69, 9.17) is 22.0 Å². The molecule has 0 rings (SSSR count). The molecule has 0 saturated carbocycles. The molecule has 0 aliphatic heterocycles. The van der Waals surface area contributed by atoms with Gasteiger partial charge >= 0.3 is 6.16 Å². The molecule has 9 heavy (non-hydrogen) atoms. The summed E-state index contributed by atoms with van der Waals surface area (Å²) >= 11 is 4.79. The van der Waals surface area contributed by atoms with Crippen LogP contribution in [0.2, 0.25) is 0 Å². The molecule has 0 radical (unpaired) electrons. The van der Waals surface area contributed by atoms with Crippen LogP contribution >= 0.6 is 11.6 Å². The summed E-state index contributed by atoms with van der Waals surface area (Å²) in [5, 5.41) is 14.9. The van der Waals surface area contributed by atoms with Crippen molar-refractivity contribution < 1.29 is 14.6 Å². The van der Waals surface area contributed by atoms with Gasteiger partial charge in [0.15, 0.2) is 6.07 Å². The lowest BCUT2D eigenvalue weighted by atomic mass is 11.0. The highest BCUT2D eigenvalue weighted by Crippen LogP contribution is 1.76. The van der Waals surface area contributed by atoms with Crippen molar-refractivity contribution in [3.63, 3.8) is 0 Å². The van der Waals surface area contributed by atoms with Gasteiger partial charge in [-0.25, -0.2) is 4.79 Å². The topological polar surface area (TPSA) is 70.3 Å². The molecule has 52 valence electrons. The summed E-state index contributed by atoms with van der Waals surface area (Å²) in [6.45, 7) is 1.43. The second-order valence-electron chi connectivity index (χ2n) is 0.743. The fourth-order valence-corrected chi connectivity index (χ4v) is 0.140. The van der Waals surface area contributed by atoms with E-state index >= 15 is 0 Å². The third-order valence-corrected chi connectivity index (χ3v) is 0.287. The first-order valence-corrected chi connectivity index (χ1v) is 2.45. The Kier molecular flexibility index (Phi) is 12.3. The Labute approximate surface area is 57.6 Å². The zero-order valence-electron chi connectivity index (χ0n) is 4.80. The van der Waals surface area contributed by atoms with E-state index in [0.29, 0.717) is 0 Å². The Morgan fingerprint density at radius 1 is 2.00 bits per heavy atom. The molecule has 0 fully saturated rings. The summed E-state index contributed by atoms with van der Waals surface area (Å²) < 4.78 is 3.72. The quantitative estimate of drug-likeness (QED) is 0.454. The molecule has 0 spiro atoms. The smallest absolute Gasteiger partial charge is 0.450 e. The largest absolute Gasteiger partial charge is 0.506 e. The van der Waals surface area contributed by atoms with Gasteiger partial charge in [-0.1, -0.05) is 11.6 Å². The zero-order valence-corrected chi connectivity index (χ0v) is 5.55. The van der Waals surface area contributed by atoms with Gasteiger partial charge in [0, 0.05) is 6.92 Å². The van der Waals surface area contributed by atoms with Crippen molar-refractivity contribution in [2.75, 3.05) is 6.07 Å². The average molecular weight is 152 g/mol. The minimum Gasteiger partial charge on any atom is -0.450 e. The van der Waals surface area contributed by atoms with Gasteiger partial charge in [0.05, 0.1) is 6.07 Å². The molecule has 0 unspecified atom stereocenters. The van der Waals surface area contributed by atoms with Crippen molar-refractivity contribution in [3.05, 3.63) is 0 Å². The Morgan fingerprint density at radius 3 is 2.33 bits per heavy atom. The molecule has 0 saturated heterocycles. The molecule has 0 aromatic rings. The van der Waals surface area contributed by atoms with Crippen molar-refractivity contribution in [2.24, 2.45) is 0 Å². The summed E-state index contributed by atoms with van der Waals surface area (Å²) in [6, 6.07) is 1.45. The number of carboxylic acid groups (broad SMARTS) is 1. The summed E-state index contributed by atoms with van der Waals surface area (Å²) in [7, 11) is 0. The first-order chi connectivity index (χ1) is 4.18. The third-order valence-electron chi connectivity index (χ3n) is 0.178. The number of carbonyl (C=O) groups is 1. The van der Waals surface area contributed by atoms with Gasteiger partial charge in [0.25, 0.3) is 0 Å². The molecule has 0 aliphatic carbocycles. The fraction of sp³-hybridized carbons (Fsp3) is 0.500. The highest BCUT2D eigenvalue weighted by atomic mass is 35.5. The predicted molar refractivity (Wildman–Crippen MR) is 31.1 cm³/mol. The fourth-order valence-electron chi connectivity index (χ4n) is 0.0467. The lowest BCUT2D eigenvalue weighted by Gasteiger charge is -1.85. The molecule has 5 heteroatoms. The van der Waals surface area contributed by atoms with Gasteiger partial charge in [-0.2, -0.15) is 5.26 Å². The lowest BCUT2D eigenvalue weighted by molar-refractivity contribution is 0.107. The van der Waals surface area contributed by atoms with Gasteiger partial charge in [0.1, 0.15) is 0 Å². The Morgan fingerprint density at radius 2 is 2.33 bits per heavy atom. The van der Waals surface area contributed by atoms with E-state index in [1.807, 2.05) is 0 Å². The molecule has 0 heterocycles. The van der Waals surface area contributed by atoms with Gasteiger partial charge in [-0.05, 0) is 0 Å². The van der Waals surface area contributed by atoms with Crippen LogP contribution in [-0.4, -0.2) is 17.3 Å². The molecule has 1 N–H and O–H groups in total. The number of alkyl halides is 1. The van der Waals surface area contributed by atoms with Crippen LogP contribution in [0.25, 0.3) is 0 Å². The van der Waals surface area contributed by atoms with E-state index in [9.17, 15) is 4.79 Å². The van der Waals surface area contributed by atoms with E-state index in [-0.39, 0.29) is 6.07 Å². The number of nitriles is 1. The number of halogens is 1. The van der Waals surface area contributed by atoms with Crippen LogP contribution in [0.15, 0.2) is 0 Å². The first-order valence-electron chi connectivity index (χ1n) is 1.91. The van der Waals surface area contributed by atoms with Crippen molar-refractivity contribution in [3.8, 4) is 6.07 Å². The van der Waals surface area contributed by atoms with Crippen LogP contribution in [-0.2, 0) is 4.74 Å². The van der Waals surface area contributed by atoms with Crippen LogP contribution in [0.3, 0.4) is 0 Å². The molecule has 0 amide bonds. The molecular weight excluding hydrogens is 146 g/mol. The van der Waals surface area contributed by atoms with E-state index in [1.54, 1.807) is 6.07 Å². The van der Waals surface area contributed by atoms with Crippen molar-refractivity contribution >= 4 is 17.8 Å². The number of ether oxygens (including phenoxy) is 1. The van der Waals surface area contributed by atoms with Gasteiger partial charge in [-0.3, -0.25) is 0 Å². The van der Waals surface area contributed by atoms with Crippen LogP contribution in [0.1, 0.15) is 6.92 Å². The van der Waals surface area contributed by atoms with Crippen molar-refractivity contribution in [1.82, 2.24) is 0 Å². The monoisotopic (exact) mass is 151 g/mol. The standard InChI is InChI=1S/C2H3ClO3.C2H3N/c3-1-6-2(4)5;1-2-3/h1H2,(H,4,5);1H3. The molecule has 4 nitrogen and oxygen atoms in total. The predicted octanol–water partition coefficient (Wildman–Crippen LogP) is 1.41. The van der Waals surface area contributed by atoms with Gasteiger partial charge in [-0.15, -0.1) is 0 Å². The highest BCUT2D eigenvalue weighted by molar-refractivity contribution is 6.17. The van der Waals surface area contributed by atoms with Gasteiger partial charge in [0.2, 0.25) is 0 Å². The lowest BCUT2D eigenvalue weighted by Crippen LogP contribution is -1.95. The number of hydrogen-bond acceptors (Lipinski definition) is 3. The molecular formula is C4H6ClNO3. The number of nitrogens with zero attached hydrogens (tertiary/aromatic N) is 1. The molecule has 0 aliphatic rings. The number of hydrogen-bond donors (Lipinski definition) is 1. The maximum absolute atomic E-state index is 9.29. The molecule has 0 bridgehead atoms. The van der Waals surface area contributed by atoms with Gasteiger partial charge < -0.3 is 9.84 Å². The summed E-state index contributed by atoms with van der Waals surface area (Å²) in [6.07, 6.45) is -1.34. The summed E-state index contributed by atoms with van der Waals surface area (Å²) in [5.41, 5.74) is 0. The third kappa shape index (κ3) is 42.8. The number of rotatable bonds is 1. The Bertz CT molecular complexity index is 109. The average Bonchev–Trinajstić information content (AvgIpc) is 1.67. The van der Waals surface area contributed by atoms with Crippen LogP contribution in [0.4, 0.5) is 4.79 Å². The normalized spacial score (nSPS) is 5.89. The van der Waals surface area contributed by atoms with E-state index in [0.717, 1.165) is 0 Å². The van der Waals surface area contributed by atoms with Crippen LogP contribution < -0.4 is 0 Å². The summed E-state index contributed by atoms with van der Waals surface area (Å²) in [5.74, 6) is 0. The Balaban J connectivity index is 0. The molecule has 0 aromatic heterocycles. The zero-order chi connectivity index (χ0) is 7.70. The highest BCUT2D eigenvalue weighted by Gasteiger charge is 1.87. The van der Waals surface area contributed by atoms with E-state index < -0.39 is 6.16 Å². The maximum Gasteiger partial charge on any atom is 0.506 e. The Hall–Kier alpha value is -0.950. The maximum atomic E-state index is 9.29. The molecule has 0 aromatic carbocycles. The van der Waals surface area contributed by atoms with Crippen LogP contribution in [0, 0.1) is 11.3 Å². The van der Waals surface area contributed by atoms with Crippen molar-refractivity contribution in [2.45, 2.75) is 6.92 Å². The first kappa shape index (κ1) is 10.9. The minimum atomic E-state index is -1.34. The van der Waals surface area contributed by atoms with Crippen LogP contribution in [0.5, 0.6) is 0 Å². The van der Waals surface area contributed by atoms with Crippen molar-refractivity contribution in [1.29, 1.82) is 5.26 Å². The SMILES string of the molecule is CC#N.O=C(O)OCCl. The minimum absolute atomic E-state index is 0.296. The summed E-state index contributed by atoms with van der Waals surface area (Å²) in [4.78, 5) is 9.29. The van der Waals surface area contributed by atoms with E-state index in [1.165, 1.54) is 6.92 Å². The second kappa shape index (κ2) is 10.1. The second-order valence-corrected chi connectivity index (χ2v) is 0.961. The van der Waals surface area contributed by atoms with E-state index in [2.05, 4.69) is 4.74 Å². The molecule has 0 atom stereocenters.